The minimum atomic E-state index is 0.139. The molecule has 0 amide bonds. The maximum absolute atomic E-state index is 5.17. The molecular formula is C35H55N7. The number of fused-ring (bicyclic) bond motifs is 1. The smallest absolute Gasteiger partial charge is 0.128 e. The van der Waals surface area contributed by atoms with Crippen LogP contribution in [0.25, 0.3) is 5.70 Å². The number of piperazine rings is 1. The van der Waals surface area contributed by atoms with Crippen molar-refractivity contribution < 1.29 is 0 Å². The van der Waals surface area contributed by atoms with Gasteiger partial charge in [-0.2, -0.15) is 0 Å². The van der Waals surface area contributed by atoms with Crippen LogP contribution in [0.4, 0.5) is 11.5 Å². The Labute approximate surface area is 255 Å². The molecular weight excluding hydrogens is 518 g/mol. The van der Waals surface area contributed by atoms with Crippen molar-refractivity contribution in [2.24, 2.45) is 11.1 Å². The summed E-state index contributed by atoms with van der Waals surface area (Å²) in [5.41, 5.74) is 12.2. The molecule has 6 rings (SSSR count). The highest BCUT2D eigenvalue weighted by Gasteiger charge is 2.40. The number of likely N-dealkylation sites (N-methyl/N-ethyl adjacent to an activating group) is 1. The number of anilines is 2. The Morgan fingerprint density at radius 3 is 2.48 bits per heavy atom. The van der Waals surface area contributed by atoms with Crippen LogP contribution in [0.2, 0.25) is 0 Å². The first-order valence-corrected chi connectivity index (χ1v) is 16.2. The Hall–Kier alpha value is -2.87. The van der Waals surface area contributed by atoms with Gasteiger partial charge >= 0.3 is 0 Å². The van der Waals surface area contributed by atoms with Crippen LogP contribution in [-0.4, -0.2) is 80.2 Å². The monoisotopic (exact) mass is 573 g/mol. The van der Waals surface area contributed by atoms with Gasteiger partial charge in [-0.15, -0.1) is 6.58 Å². The molecule has 3 saturated heterocycles. The lowest BCUT2D eigenvalue weighted by atomic mass is 9.80. The molecule has 0 radical (unpaired) electrons. The van der Waals surface area contributed by atoms with E-state index in [4.69, 9.17) is 10.7 Å². The summed E-state index contributed by atoms with van der Waals surface area (Å²) in [6, 6.07) is 11.8. The molecule has 2 aromatic rings. The summed E-state index contributed by atoms with van der Waals surface area (Å²) in [4.78, 5) is 12.4. The number of pyridine rings is 1. The van der Waals surface area contributed by atoms with Crippen molar-refractivity contribution in [2.75, 3.05) is 69.6 Å². The second kappa shape index (κ2) is 15.0. The number of nitrogens with one attached hydrogen (secondary N) is 2. The second-order valence-corrected chi connectivity index (χ2v) is 12.2. The van der Waals surface area contributed by atoms with E-state index in [0.29, 0.717) is 5.41 Å². The average molecular weight is 574 g/mol. The predicted molar refractivity (Wildman–Crippen MR) is 180 cm³/mol. The fourth-order valence-corrected chi connectivity index (χ4v) is 6.39. The fourth-order valence-electron chi connectivity index (χ4n) is 6.39. The third-order valence-electron chi connectivity index (χ3n) is 9.07. The summed E-state index contributed by atoms with van der Waals surface area (Å²) in [5, 5.41) is 7.51. The third kappa shape index (κ3) is 7.74. The minimum absolute atomic E-state index is 0.139. The number of aromatic nitrogens is 1. The molecule has 1 aromatic heterocycles. The summed E-state index contributed by atoms with van der Waals surface area (Å²) in [7, 11) is 2.20. The highest BCUT2D eigenvalue weighted by Crippen LogP contribution is 2.44. The number of rotatable bonds is 5. The Morgan fingerprint density at radius 1 is 1.10 bits per heavy atom. The van der Waals surface area contributed by atoms with Crippen LogP contribution in [0.15, 0.2) is 55.3 Å². The fraction of sp³-hybridized carbons (Fsp3) is 0.571. The SMILES string of the molecule is C=CC(C)N.CC.CCc1ccc2c(c1)NC(c1ccc(N3CCN(C)CC3)nc1)C=C2N1CCC2(CCCNC2)C1. The van der Waals surface area contributed by atoms with Gasteiger partial charge in [0.15, 0.2) is 0 Å². The van der Waals surface area contributed by atoms with Crippen LogP contribution < -0.4 is 21.3 Å². The molecule has 4 aliphatic heterocycles. The largest absolute Gasteiger partial charge is 0.374 e. The van der Waals surface area contributed by atoms with Crippen molar-refractivity contribution in [3.8, 4) is 0 Å². The van der Waals surface area contributed by atoms with E-state index in [9.17, 15) is 0 Å². The summed E-state index contributed by atoms with van der Waals surface area (Å²) >= 11 is 0. The number of nitrogens with two attached hydrogens (primary N) is 1. The minimum Gasteiger partial charge on any atom is -0.374 e. The molecule has 3 fully saturated rings. The van der Waals surface area contributed by atoms with Gasteiger partial charge in [-0.25, -0.2) is 4.98 Å². The highest BCUT2D eigenvalue weighted by molar-refractivity contribution is 5.80. The maximum Gasteiger partial charge on any atom is 0.128 e. The molecule has 7 nitrogen and oxygen atoms in total. The molecule has 3 unspecified atom stereocenters. The number of likely N-dealkylation sites (tertiary alicyclic amines) is 1. The van der Waals surface area contributed by atoms with Crippen molar-refractivity contribution in [3.05, 3.63) is 72.0 Å². The standard InChI is InChI=1S/C29H40N6.C4H9N.C2H6/c1-3-22-5-7-24-26(17-22)32-25(18-27(24)35-12-10-29(21-35)9-4-11-30-20-29)23-6-8-28(31-19-23)34-15-13-33(2)14-16-34;1-3-4(2)5;1-2/h5-8,17-19,25,30,32H,3-4,9-16,20-21H2,1-2H3;3-4H,1,5H2,2H3;1-2H3. The quantitative estimate of drug-likeness (QED) is 0.407. The van der Waals surface area contributed by atoms with E-state index < -0.39 is 0 Å². The molecule has 3 atom stereocenters. The topological polar surface area (TPSA) is 72.7 Å². The lowest BCUT2D eigenvalue weighted by molar-refractivity contribution is 0.221. The van der Waals surface area contributed by atoms with Gasteiger partial charge in [-0.3, -0.25) is 0 Å². The zero-order valence-corrected chi connectivity index (χ0v) is 26.8. The number of benzene rings is 1. The first-order valence-electron chi connectivity index (χ1n) is 16.2. The zero-order chi connectivity index (χ0) is 30.1. The van der Waals surface area contributed by atoms with Crippen molar-refractivity contribution >= 4 is 17.2 Å². The number of aryl methyl sites for hydroxylation is 1. The van der Waals surface area contributed by atoms with Crippen LogP contribution in [0.3, 0.4) is 0 Å². The van der Waals surface area contributed by atoms with Gasteiger partial charge in [0.1, 0.15) is 5.82 Å². The van der Waals surface area contributed by atoms with Crippen molar-refractivity contribution in [3.63, 3.8) is 0 Å². The summed E-state index contributed by atoms with van der Waals surface area (Å²) in [5.74, 6) is 1.10. The Kier molecular flexibility index (Phi) is 11.5. The van der Waals surface area contributed by atoms with E-state index in [-0.39, 0.29) is 12.1 Å². The average Bonchev–Trinajstić information content (AvgIpc) is 3.44. The number of hydrogen-bond donors (Lipinski definition) is 3. The van der Waals surface area contributed by atoms with Crippen LogP contribution >= 0.6 is 0 Å². The molecule has 230 valence electrons. The first kappa shape index (κ1) is 32.1. The van der Waals surface area contributed by atoms with Crippen LogP contribution in [0.1, 0.15) is 69.7 Å². The van der Waals surface area contributed by atoms with E-state index in [1.54, 1.807) is 6.08 Å². The zero-order valence-electron chi connectivity index (χ0n) is 26.8. The predicted octanol–water partition coefficient (Wildman–Crippen LogP) is 5.52. The van der Waals surface area contributed by atoms with Gasteiger partial charge in [0.2, 0.25) is 0 Å². The van der Waals surface area contributed by atoms with Gasteiger partial charge in [0.05, 0.1) is 6.04 Å². The number of nitrogens with zero attached hydrogens (tertiary/aromatic N) is 4. The van der Waals surface area contributed by atoms with Crippen molar-refractivity contribution in [2.45, 2.75) is 65.5 Å². The molecule has 0 bridgehead atoms. The van der Waals surface area contributed by atoms with Gasteiger partial charge in [0.25, 0.3) is 0 Å². The van der Waals surface area contributed by atoms with Crippen LogP contribution in [0.5, 0.6) is 0 Å². The molecule has 0 saturated carbocycles. The number of piperidine rings is 1. The second-order valence-electron chi connectivity index (χ2n) is 12.2. The molecule has 0 aliphatic carbocycles. The lowest BCUT2D eigenvalue weighted by Gasteiger charge is -2.36. The molecule has 42 heavy (non-hydrogen) atoms. The van der Waals surface area contributed by atoms with Gasteiger partial charge < -0.3 is 31.1 Å². The van der Waals surface area contributed by atoms with Gasteiger partial charge in [0, 0.05) is 80.4 Å². The molecule has 1 aromatic carbocycles. The van der Waals surface area contributed by atoms with Gasteiger partial charge in [-0.05, 0) is 75.5 Å². The molecule has 7 heteroatoms. The van der Waals surface area contributed by atoms with Crippen LogP contribution in [-0.2, 0) is 6.42 Å². The maximum atomic E-state index is 5.17. The Balaban J connectivity index is 0.000000526. The molecule has 4 aliphatic rings. The normalized spacial score (nSPS) is 24.3. The number of hydrogen-bond acceptors (Lipinski definition) is 7. The van der Waals surface area contributed by atoms with E-state index in [1.165, 1.54) is 53.9 Å². The first-order chi connectivity index (χ1) is 20.4. The van der Waals surface area contributed by atoms with E-state index in [1.807, 2.05) is 20.8 Å². The summed E-state index contributed by atoms with van der Waals surface area (Å²) in [6.07, 6.45) is 11.2. The van der Waals surface area contributed by atoms with Gasteiger partial charge in [-0.1, -0.05) is 45.0 Å². The Bertz CT molecular complexity index is 1160. The Morgan fingerprint density at radius 2 is 1.86 bits per heavy atom. The van der Waals surface area contributed by atoms with Crippen molar-refractivity contribution in [1.82, 2.24) is 20.1 Å². The summed E-state index contributed by atoms with van der Waals surface area (Å²) in [6.45, 7) is 20.5. The van der Waals surface area contributed by atoms with Crippen molar-refractivity contribution in [1.29, 1.82) is 0 Å². The van der Waals surface area contributed by atoms with E-state index in [2.05, 4.69) is 88.5 Å². The molecule has 5 heterocycles. The van der Waals surface area contributed by atoms with E-state index in [0.717, 1.165) is 58.1 Å². The third-order valence-corrected chi connectivity index (χ3v) is 9.07. The molecule has 4 N–H and O–H groups in total. The van der Waals surface area contributed by atoms with Crippen LogP contribution in [0, 0.1) is 5.41 Å². The lowest BCUT2D eigenvalue weighted by Crippen LogP contribution is -2.44. The highest BCUT2D eigenvalue weighted by atomic mass is 15.3. The molecule has 1 spiro atoms. The summed E-state index contributed by atoms with van der Waals surface area (Å²) < 4.78 is 0. The van der Waals surface area contributed by atoms with E-state index >= 15 is 0 Å².